The molecule has 2 fully saturated rings. The van der Waals surface area contributed by atoms with Crippen molar-refractivity contribution in [2.24, 2.45) is 5.92 Å². The minimum atomic E-state index is -2.89. The lowest BCUT2D eigenvalue weighted by Crippen LogP contribution is -2.60. The third-order valence-electron chi connectivity index (χ3n) is 4.26. The van der Waals surface area contributed by atoms with Crippen LogP contribution in [0.5, 0.6) is 0 Å². The minimum Gasteiger partial charge on any atom is -0.311 e. The van der Waals surface area contributed by atoms with Crippen LogP contribution in [0.15, 0.2) is 0 Å². The molecule has 5 heteroatoms. The molecule has 3 unspecified atom stereocenters. The molecule has 1 saturated carbocycles. The second kappa shape index (κ2) is 5.47. The molecule has 0 aromatic rings. The zero-order valence-corrected chi connectivity index (χ0v) is 12.5. The van der Waals surface area contributed by atoms with E-state index in [1.165, 1.54) is 19.1 Å². The molecular weight excluding hydrogens is 248 g/mol. The van der Waals surface area contributed by atoms with Crippen LogP contribution in [-0.4, -0.2) is 56.5 Å². The van der Waals surface area contributed by atoms with Gasteiger partial charge in [-0.2, -0.15) is 0 Å². The van der Waals surface area contributed by atoms with Crippen LogP contribution in [0.1, 0.15) is 33.1 Å². The summed E-state index contributed by atoms with van der Waals surface area (Å²) in [5.41, 5.74) is 0. The van der Waals surface area contributed by atoms with Crippen LogP contribution >= 0.6 is 0 Å². The Morgan fingerprint density at radius 1 is 1.39 bits per heavy atom. The molecule has 106 valence electrons. The van der Waals surface area contributed by atoms with Crippen molar-refractivity contribution in [2.45, 2.75) is 51.2 Å². The maximum absolute atomic E-state index is 11.5. The summed E-state index contributed by atoms with van der Waals surface area (Å²) < 4.78 is 22.9. The third-order valence-corrected chi connectivity index (χ3v) is 5.35. The maximum atomic E-state index is 11.5. The van der Waals surface area contributed by atoms with E-state index < -0.39 is 9.84 Å². The topological polar surface area (TPSA) is 49.4 Å². The maximum Gasteiger partial charge on any atom is 0.148 e. The molecule has 1 aliphatic heterocycles. The summed E-state index contributed by atoms with van der Waals surface area (Å²) >= 11 is 0. The van der Waals surface area contributed by atoms with E-state index >= 15 is 0 Å². The molecule has 1 saturated heterocycles. The molecule has 0 spiro atoms. The predicted octanol–water partition coefficient (Wildman–Crippen LogP) is 0.882. The van der Waals surface area contributed by atoms with E-state index in [0.717, 1.165) is 25.4 Å². The molecule has 2 aliphatic rings. The summed E-state index contributed by atoms with van der Waals surface area (Å²) in [7, 11) is -2.89. The number of nitrogens with zero attached hydrogens (tertiary/aromatic N) is 1. The zero-order valence-electron chi connectivity index (χ0n) is 11.7. The molecule has 1 aliphatic carbocycles. The van der Waals surface area contributed by atoms with Gasteiger partial charge >= 0.3 is 0 Å². The average Bonchev–Trinajstić information content (AvgIpc) is 3.09. The fourth-order valence-electron chi connectivity index (χ4n) is 3.11. The lowest BCUT2D eigenvalue weighted by molar-refractivity contribution is 0.0892. The van der Waals surface area contributed by atoms with Gasteiger partial charge in [-0.05, 0) is 32.1 Å². The number of sulfone groups is 1. The molecule has 1 heterocycles. The van der Waals surface area contributed by atoms with Gasteiger partial charge in [0.15, 0.2) is 0 Å². The highest BCUT2D eigenvalue weighted by atomic mass is 32.2. The number of piperazine rings is 1. The van der Waals surface area contributed by atoms with Gasteiger partial charge in [0.2, 0.25) is 0 Å². The Labute approximate surface area is 111 Å². The van der Waals surface area contributed by atoms with Gasteiger partial charge < -0.3 is 5.32 Å². The van der Waals surface area contributed by atoms with Crippen molar-refractivity contribution in [2.75, 3.05) is 25.1 Å². The minimum absolute atomic E-state index is 0.133. The third kappa shape index (κ3) is 3.68. The Bertz CT molecular complexity index is 378. The van der Waals surface area contributed by atoms with E-state index in [9.17, 15) is 8.42 Å². The highest BCUT2D eigenvalue weighted by Crippen LogP contribution is 2.34. The van der Waals surface area contributed by atoms with Crippen LogP contribution in [-0.2, 0) is 9.84 Å². The van der Waals surface area contributed by atoms with E-state index in [1.807, 2.05) is 0 Å². The molecule has 0 aromatic carbocycles. The van der Waals surface area contributed by atoms with E-state index in [2.05, 4.69) is 24.1 Å². The highest BCUT2D eigenvalue weighted by molar-refractivity contribution is 7.90. The van der Waals surface area contributed by atoms with Crippen molar-refractivity contribution in [1.82, 2.24) is 10.2 Å². The fraction of sp³-hybridized carbons (Fsp3) is 1.00. The molecule has 0 aromatic heterocycles. The van der Waals surface area contributed by atoms with Crippen molar-refractivity contribution < 1.29 is 8.42 Å². The highest BCUT2D eigenvalue weighted by Gasteiger charge is 2.38. The van der Waals surface area contributed by atoms with Crippen LogP contribution in [0.3, 0.4) is 0 Å². The fourth-order valence-corrected chi connectivity index (χ4v) is 4.18. The number of hydrogen-bond acceptors (Lipinski definition) is 4. The van der Waals surface area contributed by atoms with Crippen LogP contribution in [0, 0.1) is 5.92 Å². The Balaban J connectivity index is 2.00. The summed E-state index contributed by atoms with van der Waals surface area (Å²) in [6, 6.07) is 1.19. The summed E-state index contributed by atoms with van der Waals surface area (Å²) in [6.45, 7) is 6.26. The molecule has 3 atom stereocenters. The van der Waals surface area contributed by atoms with E-state index in [0.29, 0.717) is 12.1 Å². The quantitative estimate of drug-likeness (QED) is 0.808. The van der Waals surface area contributed by atoms with Gasteiger partial charge in [-0.1, -0.05) is 6.92 Å². The Morgan fingerprint density at radius 3 is 2.56 bits per heavy atom. The monoisotopic (exact) mass is 274 g/mol. The first-order chi connectivity index (χ1) is 8.40. The number of hydrogen-bond donors (Lipinski definition) is 1. The second-order valence-electron chi connectivity index (χ2n) is 6.05. The van der Waals surface area contributed by atoms with E-state index in [1.54, 1.807) is 0 Å². The first-order valence-electron chi connectivity index (χ1n) is 7.07. The summed E-state index contributed by atoms with van der Waals surface area (Å²) in [5.74, 6) is 1.11. The average molecular weight is 274 g/mol. The SMILES string of the molecule is CCC1CNC(C2CC2)CN1C(C)CS(C)(=O)=O. The van der Waals surface area contributed by atoms with Crippen molar-refractivity contribution in [3.05, 3.63) is 0 Å². The van der Waals surface area contributed by atoms with Crippen LogP contribution in [0.2, 0.25) is 0 Å². The Kier molecular flexibility index (Phi) is 4.34. The van der Waals surface area contributed by atoms with Gasteiger partial charge in [0.1, 0.15) is 9.84 Å². The smallest absolute Gasteiger partial charge is 0.148 e. The molecule has 0 amide bonds. The van der Waals surface area contributed by atoms with Crippen LogP contribution < -0.4 is 5.32 Å². The van der Waals surface area contributed by atoms with Crippen molar-refractivity contribution >= 4 is 9.84 Å². The first kappa shape index (κ1) is 14.3. The molecule has 4 nitrogen and oxygen atoms in total. The first-order valence-corrected chi connectivity index (χ1v) is 9.13. The summed E-state index contributed by atoms with van der Waals surface area (Å²) in [6.07, 6.45) is 5.09. The molecule has 18 heavy (non-hydrogen) atoms. The molecule has 2 rings (SSSR count). The normalized spacial score (nSPS) is 32.4. The standard InChI is InChI=1S/C13H26N2O2S/c1-4-12-7-14-13(11-5-6-11)8-15(12)10(2)9-18(3,16)17/h10-14H,4-9H2,1-3H3. The van der Waals surface area contributed by atoms with Gasteiger partial charge in [0.25, 0.3) is 0 Å². The number of nitrogens with one attached hydrogen (secondary N) is 1. The lowest BCUT2D eigenvalue weighted by atomic mass is 10.0. The predicted molar refractivity (Wildman–Crippen MR) is 74.5 cm³/mol. The lowest BCUT2D eigenvalue weighted by Gasteiger charge is -2.43. The molecule has 0 radical (unpaired) electrons. The molecular formula is C13H26N2O2S. The zero-order chi connectivity index (χ0) is 13.3. The van der Waals surface area contributed by atoms with E-state index in [-0.39, 0.29) is 11.8 Å². The second-order valence-corrected chi connectivity index (χ2v) is 8.24. The summed E-state index contributed by atoms with van der Waals surface area (Å²) in [4.78, 5) is 2.42. The van der Waals surface area contributed by atoms with Gasteiger partial charge in [-0.25, -0.2) is 8.42 Å². The van der Waals surface area contributed by atoms with Crippen molar-refractivity contribution in [3.63, 3.8) is 0 Å². The number of rotatable bonds is 5. The van der Waals surface area contributed by atoms with E-state index in [4.69, 9.17) is 0 Å². The van der Waals surface area contributed by atoms with Crippen molar-refractivity contribution in [3.8, 4) is 0 Å². The van der Waals surface area contributed by atoms with Gasteiger partial charge in [0.05, 0.1) is 5.75 Å². The Hall–Kier alpha value is -0.130. The summed E-state index contributed by atoms with van der Waals surface area (Å²) in [5, 5.41) is 3.64. The molecule has 1 N–H and O–H groups in total. The van der Waals surface area contributed by atoms with Gasteiger partial charge in [0, 0.05) is 37.5 Å². The van der Waals surface area contributed by atoms with Crippen LogP contribution in [0.25, 0.3) is 0 Å². The van der Waals surface area contributed by atoms with Gasteiger partial charge in [-0.15, -0.1) is 0 Å². The van der Waals surface area contributed by atoms with Gasteiger partial charge in [-0.3, -0.25) is 4.90 Å². The Morgan fingerprint density at radius 2 is 2.06 bits per heavy atom. The molecule has 0 bridgehead atoms. The largest absolute Gasteiger partial charge is 0.311 e. The van der Waals surface area contributed by atoms with Crippen LogP contribution in [0.4, 0.5) is 0 Å². The van der Waals surface area contributed by atoms with Crippen molar-refractivity contribution in [1.29, 1.82) is 0 Å².